The van der Waals surface area contributed by atoms with Gasteiger partial charge in [-0.2, -0.15) is 9.49 Å². The minimum absolute atomic E-state index is 0.342. The van der Waals surface area contributed by atoms with Crippen LogP contribution < -0.4 is 0 Å². The summed E-state index contributed by atoms with van der Waals surface area (Å²) in [5.74, 6) is -1.24. The Morgan fingerprint density at radius 1 is 1.07 bits per heavy atom. The average Bonchev–Trinajstić information content (AvgIpc) is 3.07. The molecule has 0 saturated carbocycles. The first-order valence-corrected chi connectivity index (χ1v) is 8.56. The van der Waals surface area contributed by atoms with Gasteiger partial charge >= 0.3 is 5.69 Å². The molecule has 2 heterocycles. The number of halogens is 2. The molecule has 0 fully saturated rings. The molecule has 2 aromatic heterocycles. The summed E-state index contributed by atoms with van der Waals surface area (Å²) in [6, 6.07) is 11.4. The number of nitro benzene ring substituents is 1. The zero-order chi connectivity index (χ0) is 19.8. The lowest BCUT2D eigenvalue weighted by atomic mass is 10.0. The van der Waals surface area contributed by atoms with Crippen LogP contribution in [0.4, 0.5) is 14.5 Å². The predicted octanol–water partition coefficient (Wildman–Crippen LogP) is 4.81. The second-order valence-electron chi connectivity index (χ2n) is 6.17. The van der Waals surface area contributed by atoms with E-state index >= 15 is 0 Å². The van der Waals surface area contributed by atoms with Gasteiger partial charge in [0, 0.05) is 23.4 Å². The van der Waals surface area contributed by atoms with E-state index in [0.717, 1.165) is 22.9 Å². The second kappa shape index (κ2) is 6.80. The van der Waals surface area contributed by atoms with Gasteiger partial charge in [-0.25, -0.2) is 13.9 Å². The van der Waals surface area contributed by atoms with E-state index in [1.807, 2.05) is 6.92 Å². The van der Waals surface area contributed by atoms with Crippen molar-refractivity contribution in [1.82, 2.24) is 14.6 Å². The first-order valence-electron chi connectivity index (χ1n) is 8.56. The van der Waals surface area contributed by atoms with Crippen molar-refractivity contribution >= 4 is 11.3 Å². The van der Waals surface area contributed by atoms with E-state index in [9.17, 15) is 18.9 Å². The number of aryl methyl sites for hydroxylation is 1. The van der Waals surface area contributed by atoms with E-state index in [4.69, 9.17) is 0 Å². The number of aromatic nitrogens is 3. The van der Waals surface area contributed by atoms with Crippen molar-refractivity contribution in [3.63, 3.8) is 0 Å². The highest BCUT2D eigenvalue weighted by Crippen LogP contribution is 2.32. The predicted molar refractivity (Wildman–Crippen MR) is 99.8 cm³/mol. The summed E-state index contributed by atoms with van der Waals surface area (Å²) in [5, 5.41) is 15.7. The van der Waals surface area contributed by atoms with Crippen molar-refractivity contribution in [1.29, 1.82) is 0 Å². The smallest absolute Gasteiger partial charge is 0.258 e. The van der Waals surface area contributed by atoms with E-state index in [2.05, 4.69) is 10.1 Å². The van der Waals surface area contributed by atoms with Gasteiger partial charge in [-0.15, -0.1) is 0 Å². The molecule has 28 heavy (non-hydrogen) atoms. The van der Waals surface area contributed by atoms with Crippen molar-refractivity contribution < 1.29 is 13.7 Å². The number of nitro groups is 1. The van der Waals surface area contributed by atoms with Gasteiger partial charge in [-0.05, 0) is 42.3 Å². The summed E-state index contributed by atoms with van der Waals surface area (Å²) in [4.78, 5) is 14.7. The van der Waals surface area contributed by atoms with Gasteiger partial charge in [0.15, 0.2) is 5.65 Å². The number of hydrogen-bond acceptors (Lipinski definition) is 4. The molecule has 0 N–H and O–H groups in total. The van der Waals surface area contributed by atoms with Crippen LogP contribution in [0.15, 0.2) is 54.7 Å². The summed E-state index contributed by atoms with van der Waals surface area (Å²) in [6.07, 6.45) is 2.17. The molecule has 0 aliphatic rings. The molecule has 140 valence electrons. The summed E-state index contributed by atoms with van der Waals surface area (Å²) in [5.41, 5.74) is 3.19. The Hall–Kier alpha value is -3.68. The van der Waals surface area contributed by atoms with Gasteiger partial charge in [0.1, 0.15) is 5.82 Å². The van der Waals surface area contributed by atoms with Crippen LogP contribution >= 0.6 is 0 Å². The maximum absolute atomic E-state index is 13.7. The van der Waals surface area contributed by atoms with Crippen molar-refractivity contribution in [2.75, 3.05) is 0 Å². The molecular weight excluding hydrogens is 366 g/mol. The fraction of sp³-hybridized carbons (Fsp3) is 0.100. The molecular formula is C20H14F2N4O2. The summed E-state index contributed by atoms with van der Waals surface area (Å²) >= 11 is 0. The van der Waals surface area contributed by atoms with E-state index in [-0.39, 0.29) is 5.82 Å². The Balaban J connectivity index is 1.97. The van der Waals surface area contributed by atoms with E-state index in [1.165, 1.54) is 24.3 Å². The first kappa shape index (κ1) is 17.7. The molecule has 4 aromatic rings. The number of nitrogens with zero attached hydrogens (tertiary/aromatic N) is 4. The number of fused-ring (bicyclic) bond motifs is 1. The third-order valence-electron chi connectivity index (χ3n) is 4.50. The van der Waals surface area contributed by atoms with Crippen LogP contribution in [0.5, 0.6) is 0 Å². The van der Waals surface area contributed by atoms with Crippen LogP contribution in [0.25, 0.3) is 28.0 Å². The minimum atomic E-state index is -0.902. The quantitative estimate of drug-likeness (QED) is 0.376. The molecule has 0 bridgehead atoms. The third-order valence-corrected chi connectivity index (χ3v) is 4.50. The van der Waals surface area contributed by atoms with Crippen LogP contribution in [0, 0.1) is 21.7 Å². The molecule has 0 spiro atoms. The monoisotopic (exact) mass is 380 g/mol. The van der Waals surface area contributed by atoms with Gasteiger partial charge in [0.25, 0.3) is 0 Å². The number of hydrogen-bond donors (Lipinski definition) is 0. The molecule has 8 heteroatoms. The maximum Gasteiger partial charge on any atom is 0.305 e. The molecule has 0 atom stereocenters. The van der Waals surface area contributed by atoms with Gasteiger partial charge in [-0.3, -0.25) is 10.1 Å². The summed E-state index contributed by atoms with van der Waals surface area (Å²) in [6.45, 7) is 1.94. The first-order chi connectivity index (χ1) is 13.5. The van der Waals surface area contributed by atoms with Gasteiger partial charge in [0.2, 0.25) is 5.82 Å². The molecule has 4 rings (SSSR count). The second-order valence-corrected chi connectivity index (χ2v) is 6.17. The lowest BCUT2D eigenvalue weighted by molar-refractivity contribution is -0.387. The van der Waals surface area contributed by atoms with Gasteiger partial charge in [0.05, 0.1) is 16.3 Å². The van der Waals surface area contributed by atoms with E-state index < -0.39 is 16.4 Å². The Morgan fingerprint density at radius 2 is 1.79 bits per heavy atom. The average molecular weight is 380 g/mol. The van der Waals surface area contributed by atoms with Crippen LogP contribution in [0.3, 0.4) is 0 Å². The van der Waals surface area contributed by atoms with Crippen molar-refractivity contribution in [2.45, 2.75) is 13.3 Å². The van der Waals surface area contributed by atoms with Crippen LogP contribution in [-0.2, 0) is 6.42 Å². The maximum atomic E-state index is 13.7. The summed E-state index contributed by atoms with van der Waals surface area (Å²) in [7, 11) is 0. The Labute approximate surface area is 158 Å². The molecule has 0 aliphatic heterocycles. The largest absolute Gasteiger partial charge is 0.305 e. The third kappa shape index (κ3) is 2.88. The Kier molecular flexibility index (Phi) is 4.31. The van der Waals surface area contributed by atoms with E-state index in [0.29, 0.717) is 23.3 Å². The number of rotatable bonds is 4. The van der Waals surface area contributed by atoms with Gasteiger partial charge < -0.3 is 0 Å². The van der Waals surface area contributed by atoms with E-state index in [1.54, 1.807) is 28.9 Å². The lowest BCUT2D eigenvalue weighted by Gasteiger charge is -2.06. The Bertz CT molecular complexity index is 1200. The highest BCUT2D eigenvalue weighted by Gasteiger charge is 2.20. The summed E-state index contributed by atoms with van der Waals surface area (Å²) < 4.78 is 28.6. The molecule has 0 amide bonds. The highest BCUT2D eigenvalue weighted by molar-refractivity contribution is 5.81. The standard InChI is InChI=1S/C20H14F2N4O2/c1-2-16-19(12-3-6-14(21)7-4-12)20-23-10-9-17(25(20)24-16)13-5-8-15(22)18(11-13)26(27)28/h3-11H,2H2,1H3. The topological polar surface area (TPSA) is 73.3 Å². The molecule has 0 unspecified atom stereocenters. The number of benzene rings is 2. The van der Waals surface area contributed by atoms with Crippen LogP contribution in [0.1, 0.15) is 12.6 Å². The molecule has 6 nitrogen and oxygen atoms in total. The van der Waals surface area contributed by atoms with Gasteiger partial charge in [-0.1, -0.05) is 19.1 Å². The molecule has 0 aliphatic carbocycles. The van der Waals surface area contributed by atoms with Crippen molar-refractivity contribution in [3.05, 3.63) is 82.2 Å². The minimum Gasteiger partial charge on any atom is -0.258 e. The van der Waals surface area contributed by atoms with Crippen LogP contribution in [-0.4, -0.2) is 19.5 Å². The van der Waals surface area contributed by atoms with Crippen molar-refractivity contribution in [3.8, 4) is 22.4 Å². The zero-order valence-corrected chi connectivity index (χ0v) is 14.8. The fourth-order valence-corrected chi connectivity index (χ4v) is 3.18. The molecule has 0 radical (unpaired) electrons. The van der Waals surface area contributed by atoms with Crippen LogP contribution in [0.2, 0.25) is 0 Å². The molecule has 2 aromatic carbocycles. The zero-order valence-electron chi connectivity index (χ0n) is 14.8. The highest BCUT2D eigenvalue weighted by atomic mass is 19.1. The lowest BCUT2D eigenvalue weighted by Crippen LogP contribution is -1.98. The molecule has 0 saturated heterocycles. The fourth-order valence-electron chi connectivity index (χ4n) is 3.18. The Morgan fingerprint density at radius 3 is 2.46 bits per heavy atom. The van der Waals surface area contributed by atoms with Crippen molar-refractivity contribution in [2.24, 2.45) is 0 Å². The SMILES string of the molecule is CCc1nn2c(-c3ccc(F)c([N+](=O)[O-])c3)ccnc2c1-c1ccc(F)cc1. The normalized spacial score (nSPS) is 11.1.